The van der Waals surface area contributed by atoms with E-state index >= 15 is 0 Å². The quantitative estimate of drug-likeness (QED) is 0.925. The van der Waals surface area contributed by atoms with Crippen molar-refractivity contribution in [3.63, 3.8) is 0 Å². The zero-order valence-electron chi connectivity index (χ0n) is 11.3. The van der Waals surface area contributed by atoms with Gasteiger partial charge in [0.25, 0.3) is 0 Å². The minimum absolute atomic E-state index is 0.341. The van der Waals surface area contributed by atoms with Gasteiger partial charge in [0.15, 0.2) is 11.5 Å². The van der Waals surface area contributed by atoms with Crippen molar-refractivity contribution >= 4 is 15.9 Å². The fourth-order valence-corrected chi connectivity index (χ4v) is 3.90. The highest BCUT2D eigenvalue weighted by atomic mass is 79.9. The summed E-state index contributed by atoms with van der Waals surface area (Å²) in [4.78, 5) is 0. The van der Waals surface area contributed by atoms with Crippen LogP contribution in [0.25, 0.3) is 0 Å². The molecule has 1 N–H and O–H groups in total. The average Bonchev–Trinajstić information content (AvgIpc) is 2.89. The van der Waals surface area contributed by atoms with Crippen molar-refractivity contribution in [2.75, 3.05) is 19.9 Å². The molecule has 0 radical (unpaired) electrons. The maximum atomic E-state index is 5.54. The first kappa shape index (κ1) is 13.3. The molecule has 3 nitrogen and oxygen atoms in total. The number of benzene rings is 1. The Balaban J connectivity index is 1.89. The first-order chi connectivity index (χ1) is 9.29. The molecule has 0 aromatic heterocycles. The molecular formula is C15H20BrNO2. The summed E-state index contributed by atoms with van der Waals surface area (Å²) in [5.74, 6) is 2.57. The first-order valence-corrected chi connectivity index (χ1v) is 7.89. The van der Waals surface area contributed by atoms with E-state index in [0.29, 0.717) is 6.79 Å². The number of piperidine rings is 1. The van der Waals surface area contributed by atoms with Gasteiger partial charge in [-0.15, -0.1) is 0 Å². The van der Waals surface area contributed by atoms with Gasteiger partial charge < -0.3 is 14.8 Å². The third-order valence-electron chi connectivity index (χ3n) is 4.12. The van der Waals surface area contributed by atoms with Crippen LogP contribution in [0.2, 0.25) is 0 Å². The van der Waals surface area contributed by atoms with E-state index < -0.39 is 0 Å². The Bertz CT molecular complexity index is 470. The largest absolute Gasteiger partial charge is 0.454 e. The van der Waals surface area contributed by atoms with Gasteiger partial charge in [0, 0.05) is 0 Å². The van der Waals surface area contributed by atoms with Crippen molar-refractivity contribution in [3.05, 3.63) is 21.7 Å². The molecule has 2 heterocycles. The fraction of sp³-hybridized carbons (Fsp3) is 0.600. The molecule has 1 fully saturated rings. The molecule has 104 valence electrons. The van der Waals surface area contributed by atoms with Crippen LogP contribution in [0.4, 0.5) is 0 Å². The number of ether oxygens (including phenoxy) is 2. The van der Waals surface area contributed by atoms with Crippen LogP contribution in [0.15, 0.2) is 10.5 Å². The molecule has 0 bridgehead atoms. The third kappa shape index (κ3) is 2.61. The Morgan fingerprint density at radius 3 is 2.84 bits per heavy atom. The Labute approximate surface area is 122 Å². The molecule has 2 aliphatic rings. The molecule has 4 heteroatoms. The van der Waals surface area contributed by atoms with E-state index in [0.717, 1.165) is 47.8 Å². The summed E-state index contributed by atoms with van der Waals surface area (Å²) < 4.78 is 12.2. The molecule has 0 aliphatic carbocycles. The van der Waals surface area contributed by atoms with E-state index in [2.05, 4.69) is 34.2 Å². The van der Waals surface area contributed by atoms with Crippen molar-refractivity contribution in [2.24, 2.45) is 5.92 Å². The summed E-state index contributed by atoms with van der Waals surface area (Å²) in [5, 5.41) is 3.43. The van der Waals surface area contributed by atoms with Gasteiger partial charge in [-0.25, -0.2) is 0 Å². The van der Waals surface area contributed by atoms with Crippen LogP contribution in [0.5, 0.6) is 11.5 Å². The van der Waals surface area contributed by atoms with E-state index in [1.165, 1.54) is 24.0 Å². The summed E-state index contributed by atoms with van der Waals surface area (Å²) in [6.07, 6.45) is 4.72. The second-order valence-corrected chi connectivity index (χ2v) is 6.11. The third-order valence-corrected chi connectivity index (χ3v) is 4.96. The molecular weight excluding hydrogens is 306 g/mol. The van der Waals surface area contributed by atoms with Crippen molar-refractivity contribution in [2.45, 2.75) is 32.6 Å². The minimum Gasteiger partial charge on any atom is -0.454 e. The number of hydrogen-bond donors (Lipinski definition) is 1. The summed E-state index contributed by atoms with van der Waals surface area (Å²) >= 11 is 3.69. The molecule has 0 unspecified atom stereocenters. The Morgan fingerprint density at radius 2 is 2.11 bits per heavy atom. The highest BCUT2D eigenvalue weighted by Crippen LogP contribution is 2.43. The summed E-state index contributed by atoms with van der Waals surface area (Å²) in [6.45, 7) is 4.85. The normalized spacial score (nSPS) is 18.8. The molecule has 0 atom stereocenters. The van der Waals surface area contributed by atoms with Crippen LogP contribution >= 0.6 is 15.9 Å². The predicted molar refractivity (Wildman–Crippen MR) is 78.9 cm³/mol. The number of hydrogen-bond acceptors (Lipinski definition) is 3. The van der Waals surface area contributed by atoms with Crippen LogP contribution in [-0.4, -0.2) is 19.9 Å². The summed E-state index contributed by atoms with van der Waals surface area (Å²) in [5.41, 5.74) is 2.80. The number of rotatable bonds is 3. The zero-order valence-corrected chi connectivity index (χ0v) is 12.9. The smallest absolute Gasteiger partial charge is 0.231 e. The molecule has 1 saturated heterocycles. The van der Waals surface area contributed by atoms with Gasteiger partial charge in [0.05, 0.1) is 4.47 Å². The highest BCUT2D eigenvalue weighted by Gasteiger charge is 2.24. The maximum absolute atomic E-state index is 5.54. The van der Waals surface area contributed by atoms with Gasteiger partial charge >= 0.3 is 0 Å². The summed E-state index contributed by atoms with van der Waals surface area (Å²) in [6, 6.07) is 2.19. The summed E-state index contributed by atoms with van der Waals surface area (Å²) in [7, 11) is 0. The molecule has 19 heavy (non-hydrogen) atoms. The van der Waals surface area contributed by atoms with Gasteiger partial charge in [-0.2, -0.15) is 0 Å². The first-order valence-electron chi connectivity index (χ1n) is 7.10. The van der Waals surface area contributed by atoms with Crippen LogP contribution in [0.3, 0.4) is 0 Å². The standard InChI is InChI=1S/C15H20BrNO2/c1-2-12-11(7-10-3-5-17-6-4-10)8-13-15(14(12)16)19-9-18-13/h8,10,17H,2-7,9H2,1H3. The van der Waals surface area contributed by atoms with E-state index in [-0.39, 0.29) is 0 Å². The number of halogens is 1. The highest BCUT2D eigenvalue weighted by molar-refractivity contribution is 9.10. The minimum atomic E-state index is 0.341. The van der Waals surface area contributed by atoms with Gasteiger partial charge in [-0.05, 0) is 77.8 Å². The Kier molecular flexibility index (Phi) is 3.99. The van der Waals surface area contributed by atoms with Gasteiger partial charge in [0.1, 0.15) is 0 Å². The van der Waals surface area contributed by atoms with E-state index in [1.807, 2.05) is 0 Å². The van der Waals surface area contributed by atoms with E-state index in [9.17, 15) is 0 Å². The molecule has 0 saturated carbocycles. The van der Waals surface area contributed by atoms with Crippen molar-refractivity contribution in [3.8, 4) is 11.5 Å². The second-order valence-electron chi connectivity index (χ2n) is 5.31. The van der Waals surface area contributed by atoms with Crippen LogP contribution in [-0.2, 0) is 12.8 Å². The lowest BCUT2D eigenvalue weighted by atomic mass is 9.88. The fourth-order valence-electron chi connectivity index (χ4n) is 3.05. The van der Waals surface area contributed by atoms with Crippen LogP contribution < -0.4 is 14.8 Å². The Morgan fingerprint density at radius 1 is 1.32 bits per heavy atom. The zero-order chi connectivity index (χ0) is 13.2. The van der Waals surface area contributed by atoms with Crippen molar-refractivity contribution in [1.29, 1.82) is 0 Å². The lowest BCUT2D eigenvalue weighted by Crippen LogP contribution is -2.28. The molecule has 0 amide bonds. The van der Waals surface area contributed by atoms with Gasteiger partial charge in [-0.3, -0.25) is 0 Å². The van der Waals surface area contributed by atoms with Crippen LogP contribution in [0, 0.1) is 5.92 Å². The predicted octanol–water partition coefficient (Wildman–Crippen LogP) is 3.28. The lowest BCUT2D eigenvalue weighted by Gasteiger charge is -2.24. The monoisotopic (exact) mass is 325 g/mol. The topological polar surface area (TPSA) is 30.5 Å². The molecule has 1 aromatic rings. The second kappa shape index (κ2) is 5.71. The lowest BCUT2D eigenvalue weighted by molar-refractivity contribution is 0.173. The molecule has 0 spiro atoms. The van der Waals surface area contributed by atoms with Gasteiger partial charge in [-0.1, -0.05) is 6.92 Å². The average molecular weight is 326 g/mol. The number of fused-ring (bicyclic) bond motifs is 1. The van der Waals surface area contributed by atoms with Gasteiger partial charge in [0.2, 0.25) is 6.79 Å². The molecule has 3 rings (SSSR count). The number of nitrogens with one attached hydrogen (secondary N) is 1. The SMILES string of the molecule is CCc1c(CC2CCNCC2)cc2c(c1Br)OCO2. The molecule has 1 aromatic carbocycles. The van der Waals surface area contributed by atoms with E-state index in [1.54, 1.807) is 0 Å². The van der Waals surface area contributed by atoms with Crippen molar-refractivity contribution in [1.82, 2.24) is 5.32 Å². The van der Waals surface area contributed by atoms with Crippen molar-refractivity contribution < 1.29 is 9.47 Å². The Hall–Kier alpha value is -0.740. The van der Waals surface area contributed by atoms with E-state index in [4.69, 9.17) is 9.47 Å². The molecule has 2 aliphatic heterocycles. The van der Waals surface area contributed by atoms with Crippen LogP contribution in [0.1, 0.15) is 30.9 Å². The maximum Gasteiger partial charge on any atom is 0.231 e.